The van der Waals surface area contributed by atoms with Gasteiger partial charge >= 0.3 is 0 Å². The SMILES string of the molecule is CC(C)COCCCNC(C)c1cc(Br)cs1. The third kappa shape index (κ3) is 6.55. The highest BCUT2D eigenvalue weighted by Crippen LogP contribution is 2.25. The monoisotopic (exact) mass is 319 g/mol. The first-order valence-corrected chi connectivity index (χ1v) is 7.82. The second-order valence-corrected chi connectivity index (χ2v) is 6.52. The Morgan fingerprint density at radius 3 is 2.76 bits per heavy atom. The highest BCUT2D eigenvalue weighted by atomic mass is 79.9. The second-order valence-electron chi connectivity index (χ2n) is 4.67. The topological polar surface area (TPSA) is 21.3 Å². The zero-order valence-electron chi connectivity index (χ0n) is 10.8. The Kier molecular flexibility index (Phi) is 7.35. The van der Waals surface area contributed by atoms with Gasteiger partial charge < -0.3 is 10.1 Å². The van der Waals surface area contributed by atoms with Crippen LogP contribution in [-0.4, -0.2) is 19.8 Å². The van der Waals surface area contributed by atoms with Crippen LogP contribution in [0.4, 0.5) is 0 Å². The maximum atomic E-state index is 5.54. The molecule has 98 valence electrons. The van der Waals surface area contributed by atoms with E-state index >= 15 is 0 Å². The second kappa shape index (κ2) is 8.25. The van der Waals surface area contributed by atoms with Gasteiger partial charge in [0.2, 0.25) is 0 Å². The molecule has 4 heteroatoms. The molecular formula is C13H22BrNOS. The zero-order chi connectivity index (χ0) is 12.7. The van der Waals surface area contributed by atoms with E-state index < -0.39 is 0 Å². The van der Waals surface area contributed by atoms with Crippen molar-refractivity contribution in [2.45, 2.75) is 33.2 Å². The van der Waals surface area contributed by atoms with Crippen LogP contribution in [-0.2, 0) is 4.74 Å². The molecule has 0 aliphatic heterocycles. The van der Waals surface area contributed by atoms with E-state index in [-0.39, 0.29) is 0 Å². The van der Waals surface area contributed by atoms with Crippen LogP contribution in [0.1, 0.15) is 38.1 Å². The molecule has 2 nitrogen and oxygen atoms in total. The smallest absolute Gasteiger partial charge is 0.0489 e. The van der Waals surface area contributed by atoms with Crippen LogP contribution in [0.25, 0.3) is 0 Å². The summed E-state index contributed by atoms with van der Waals surface area (Å²) in [4.78, 5) is 1.37. The summed E-state index contributed by atoms with van der Waals surface area (Å²) in [6.45, 7) is 9.28. The van der Waals surface area contributed by atoms with E-state index in [1.807, 2.05) is 0 Å². The first kappa shape index (κ1) is 15.2. The number of nitrogens with one attached hydrogen (secondary N) is 1. The van der Waals surface area contributed by atoms with Crippen LogP contribution in [0.2, 0.25) is 0 Å². The lowest BCUT2D eigenvalue weighted by atomic mass is 10.2. The molecule has 1 unspecified atom stereocenters. The minimum Gasteiger partial charge on any atom is -0.381 e. The highest BCUT2D eigenvalue weighted by molar-refractivity contribution is 9.10. The van der Waals surface area contributed by atoms with Crippen LogP contribution in [0, 0.1) is 5.92 Å². The van der Waals surface area contributed by atoms with Crippen molar-refractivity contribution in [2.24, 2.45) is 5.92 Å². The van der Waals surface area contributed by atoms with Gasteiger partial charge in [-0.25, -0.2) is 0 Å². The van der Waals surface area contributed by atoms with Crippen molar-refractivity contribution in [1.29, 1.82) is 0 Å². The highest BCUT2D eigenvalue weighted by Gasteiger charge is 2.06. The van der Waals surface area contributed by atoms with Crippen molar-refractivity contribution in [1.82, 2.24) is 5.32 Å². The standard InChI is InChI=1S/C13H22BrNOS/c1-10(2)8-16-6-4-5-15-11(3)13-7-12(14)9-17-13/h7,9-11,15H,4-6,8H2,1-3H3. The molecule has 0 spiro atoms. The Bertz CT molecular complexity index is 314. The fourth-order valence-corrected chi connectivity index (χ4v) is 2.95. The molecule has 0 saturated carbocycles. The molecule has 1 N–H and O–H groups in total. The van der Waals surface area contributed by atoms with Crippen LogP contribution < -0.4 is 5.32 Å². The van der Waals surface area contributed by atoms with Gasteiger partial charge in [-0.3, -0.25) is 0 Å². The van der Waals surface area contributed by atoms with E-state index in [1.54, 1.807) is 11.3 Å². The molecule has 1 aromatic rings. The summed E-state index contributed by atoms with van der Waals surface area (Å²) >= 11 is 5.27. The van der Waals surface area contributed by atoms with Gasteiger partial charge in [0.15, 0.2) is 0 Å². The normalized spacial score (nSPS) is 13.2. The number of thiophene rings is 1. The fourth-order valence-electron chi connectivity index (χ4n) is 1.47. The number of ether oxygens (including phenoxy) is 1. The molecule has 1 heterocycles. The van der Waals surface area contributed by atoms with Gasteiger partial charge in [-0.1, -0.05) is 13.8 Å². The first-order chi connectivity index (χ1) is 8.09. The summed E-state index contributed by atoms with van der Waals surface area (Å²) in [5, 5.41) is 5.63. The Morgan fingerprint density at radius 2 is 2.18 bits per heavy atom. The van der Waals surface area contributed by atoms with Gasteiger partial charge in [-0.2, -0.15) is 0 Å². The average molecular weight is 320 g/mol. The molecular weight excluding hydrogens is 298 g/mol. The molecule has 17 heavy (non-hydrogen) atoms. The van der Waals surface area contributed by atoms with E-state index in [4.69, 9.17) is 4.74 Å². The van der Waals surface area contributed by atoms with Gasteiger partial charge in [-0.15, -0.1) is 11.3 Å². The average Bonchev–Trinajstić information content (AvgIpc) is 2.69. The van der Waals surface area contributed by atoms with Crippen molar-refractivity contribution in [3.05, 3.63) is 20.8 Å². The van der Waals surface area contributed by atoms with E-state index in [1.165, 1.54) is 9.35 Å². The molecule has 1 aromatic heterocycles. The zero-order valence-corrected chi connectivity index (χ0v) is 13.2. The maximum absolute atomic E-state index is 5.54. The van der Waals surface area contributed by atoms with E-state index in [0.717, 1.165) is 26.2 Å². The molecule has 0 saturated heterocycles. The molecule has 0 radical (unpaired) electrons. The van der Waals surface area contributed by atoms with E-state index in [2.05, 4.69) is 53.5 Å². The molecule has 0 amide bonds. The fraction of sp³-hybridized carbons (Fsp3) is 0.692. The predicted octanol–water partition coefficient (Wildman–Crippen LogP) is 4.22. The Balaban J connectivity index is 2.06. The summed E-state index contributed by atoms with van der Waals surface area (Å²) in [5.41, 5.74) is 0. The quantitative estimate of drug-likeness (QED) is 0.724. The minimum atomic E-state index is 0.427. The summed E-state index contributed by atoms with van der Waals surface area (Å²) < 4.78 is 6.71. The third-order valence-electron chi connectivity index (χ3n) is 2.38. The number of hydrogen-bond acceptors (Lipinski definition) is 3. The van der Waals surface area contributed by atoms with Crippen molar-refractivity contribution in [3.8, 4) is 0 Å². The van der Waals surface area contributed by atoms with Crippen molar-refractivity contribution >= 4 is 27.3 Å². The number of rotatable bonds is 8. The minimum absolute atomic E-state index is 0.427. The summed E-state index contributed by atoms with van der Waals surface area (Å²) in [7, 11) is 0. The van der Waals surface area contributed by atoms with Crippen molar-refractivity contribution in [3.63, 3.8) is 0 Å². The lowest BCUT2D eigenvalue weighted by Gasteiger charge is -2.12. The molecule has 0 aliphatic rings. The number of hydrogen-bond donors (Lipinski definition) is 1. The predicted molar refractivity (Wildman–Crippen MR) is 78.7 cm³/mol. The molecule has 0 fully saturated rings. The first-order valence-electron chi connectivity index (χ1n) is 6.14. The molecule has 0 aromatic carbocycles. The molecule has 0 bridgehead atoms. The largest absolute Gasteiger partial charge is 0.381 e. The lowest BCUT2D eigenvalue weighted by Crippen LogP contribution is -2.20. The number of halogens is 1. The summed E-state index contributed by atoms with van der Waals surface area (Å²) in [5.74, 6) is 0.630. The van der Waals surface area contributed by atoms with Crippen LogP contribution in [0.5, 0.6) is 0 Å². The summed E-state index contributed by atoms with van der Waals surface area (Å²) in [6.07, 6.45) is 1.07. The molecule has 0 aliphatic carbocycles. The van der Waals surface area contributed by atoms with Crippen LogP contribution in [0.3, 0.4) is 0 Å². The van der Waals surface area contributed by atoms with Gasteiger partial charge in [0, 0.05) is 34.0 Å². The van der Waals surface area contributed by atoms with Gasteiger partial charge in [-0.05, 0) is 47.8 Å². The van der Waals surface area contributed by atoms with E-state index in [9.17, 15) is 0 Å². The van der Waals surface area contributed by atoms with Crippen molar-refractivity contribution in [2.75, 3.05) is 19.8 Å². The molecule has 1 atom stereocenters. The van der Waals surface area contributed by atoms with Gasteiger partial charge in [0.25, 0.3) is 0 Å². The van der Waals surface area contributed by atoms with E-state index in [0.29, 0.717) is 12.0 Å². The van der Waals surface area contributed by atoms with Gasteiger partial charge in [0.05, 0.1) is 0 Å². The van der Waals surface area contributed by atoms with Crippen molar-refractivity contribution < 1.29 is 4.74 Å². The van der Waals surface area contributed by atoms with Gasteiger partial charge in [0.1, 0.15) is 0 Å². The maximum Gasteiger partial charge on any atom is 0.0489 e. The summed E-state index contributed by atoms with van der Waals surface area (Å²) in [6, 6.07) is 2.61. The Morgan fingerprint density at radius 1 is 1.41 bits per heavy atom. The Labute approximate surface area is 117 Å². The van der Waals surface area contributed by atoms with Crippen LogP contribution in [0.15, 0.2) is 15.9 Å². The third-order valence-corrected chi connectivity index (χ3v) is 4.26. The lowest BCUT2D eigenvalue weighted by molar-refractivity contribution is 0.107. The van der Waals surface area contributed by atoms with Crippen LogP contribution >= 0.6 is 27.3 Å². The molecule has 1 rings (SSSR count). The Hall–Kier alpha value is 0.1000.